The fraction of sp³-hybridized carbons (Fsp3) is 0.350. The van der Waals surface area contributed by atoms with Crippen LogP contribution in [0.2, 0.25) is 0 Å². The van der Waals surface area contributed by atoms with Gasteiger partial charge in [-0.15, -0.1) is 0 Å². The van der Waals surface area contributed by atoms with E-state index < -0.39 is 0 Å². The second-order valence-corrected chi connectivity index (χ2v) is 6.47. The molecule has 0 saturated carbocycles. The van der Waals surface area contributed by atoms with Crippen LogP contribution >= 0.6 is 0 Å². The predicted octanol–water partition coefficient (Wildman–Crippen LogP) is 3.60. The van der Waals surface area contributed by atoms with Gasteiger partial charge < -0.3 is 10.2 Å². The SMILES string of the molecule is CC(C)N(CC(=O)Nc1ccc(N(C)C)cc1)Cc1ccccc1. The van der Waals surface area contributed by atoms with Gasteiger partial charge >= 0.3 is 0 Å². The van der Waals surface area contributed by atoms with Crippen molar-refractivity contribution in [3.05, 3.63) is 60.2 Å². The van der Waals surface area contributed by atoms with Gasteiger partial charge in [0, 0.05) is 38.1 Å². The molecule has 0 unspecified atom stereocenters. The molecule has 1 amide bonds. The molecular formula is C20H27N3O. The topological polar surface area (TPSA) is 35.6 Å². The van der Waals surface area contributed by atoms with Crippen LogP contribution in [0.25, 0.3) is 0 Å². The van der Waals surface area contributed by atoms with Gasteiger partial charge in [0.1, 0.15) is 0 Å². The first-order valence-electron chi connectivity index (χ1n) is 8.31. The zero-order valence-corrected chi connectivity index (χ0v) is 15.0. The lowest BCUT2D eigenvalue weighted by Crippen LogP contribution is -2.37. The number of nitrogens with zero attached hydrogens (tertiary/aromatic N) is 2. The molecule has 2 aromatic carbocycles. The highest BCUT2D eigenvalue weighted by Gasteiger charge is 2.14. The molecule has 0 aliphatic heterocycles. The molecule has 0 aliphatic rings. The normalized spacial score (nSPS) is 10.9. The van der Waals surface area contributed by atoms with Crippen LogP contribution in [0.1, 0.15) is 19.4 Å². The van der Waals surface area contributed by atoms with E-state index in [0.29, 0.717) is 12.6 Å². The third-order valence-corrected chi connectivity index (χ3v) is 3.97. The summed E-state index contributed by atoms with van der Waals surface area (Å²) in [7, 11) is 4.00. The predicted molar refractivity (Wildman–Crippen MR) is 101 cm³/mol. The fourth-order valence-corrected chi connectivity index (χ4v) is 2.47. The number of rotatable bonds is 7. The first kappa shape index (κ1) is 18.0. The van der Waals surface area contributed by atoms with Gasteiger partial charge in [0.05, 0.1) is 6.54 Å². The number of hydrogen-bond donors (Lipinski definition) is 1. The molecule has 1 N–H and O–H groups in total. The minimum atomic E-state index is 0.0113. The molecule has 0 atom stereocenters. The van der Waals surface area contributed by atoms with Crippen molar-refractivity contribution in [2.45, 2.75) is 26.4 Å². The van der Waals surface area contributed by atoms with Crippen LogP contribution in [0, 0.1) is 0 Å². The molecular weight excluding hydrogens is 298 g/mol. The molecule has 0 heterocycles. The molecule has 4 heteroatoms. The second kappa shape index (κ2) is 8.50. The van der Waals surface area contributed by atoms with E-state index in [-0.39, 0.29) is 5.91 Å². The van der Waals surface area contributed by atoms with Crippen molar-refractivity contribution in [3.8, 4) is 0 Å². The number of carbonyl (C=O) groups excluding carboxylic acids is 1. The fourth-order valence-electron chi connectivity index (χ4n) is 2.47. The quantitative estimate of drug-likeness (QED) is 0.845. The van der Waals surface area contributed by atoms with E-state index in [9.17, 15) is 4.79 Å². The molecule has 2 rings (SSSR count). The Morgan fingerprint density at radius 1 is 1.00 bits per heavy atom. The second-order valence-electron chi connectivity index (χ2n) is 6.47. The zero-order valence-electron chi connectivity index (χ0n) is 15.0. The van der Waals surface area contributed by atoms with Gasteiger partial charge in [-0.2, -0.15) is 0 Å². The van der Waals surface area contributed by atoms with Crippen LogP contribution in [-0.2, 0) is 11.3 Å². The van der Waals surface area contributed by atoms with Crippen molar-refractivity contribution in [1.29, 1.82) is 0 Å². The van der Waals surface area contributed by atoms with E-state index in [4.69, 9.17) is 0 Å². The minimum absolute atomic E-state index is 0.0113. The molecule has 4 nitrogen and oxygen atoms in total. The highest BCUT2D eigenvalue weighted by Crippen LogP contribution is 2.16. The van der Waals surface area contributed by atoms with Crippen LogP contribution in [0.5, 0.6) is 0 Å². The summed E-state index contributed by atoms with van der Waals surface area (Å²) in [6, 6.07) is 18.4. The van der Waals surface area contributed by atoms with E-state index >= 15 is 0 Å². The average Bonchev–Trinajstić information content (AvgIpc) is 2.55. The Morgan fingerprint density at radius 3 is 2.17 bits per heavy atom. The van der Waals surface area contributed by atoms with Gasteiger partial charge in [-0.25, -0.2) is 0 Å². The van der Waals surface area contributed by atoms with Crippen molar-refractivity contribution < 1.29 is 4.79 Å². The highest BCUT2D eigenvalue weighted by molar-refractivity contribution is 5.92. The lowest BCUT2D eigenvalue weighted by molar-refractivity contribution is -0.117. The van der Waals surface area contributed by atoms with Crippen molar-refractivity contribution in [3.63, 3.8) is 0 Å². The summed E-state index contributed by atoms with van der Waals surface area (Å²) < 4.78 is 0. The summed E-state index contributed by atoms with van der Waals surface area (Å²) in [5.41, 5.74) is 3.16. The Hall–Kier alpha value is -2.33. The van der Waals surface area contributed by atoms with Gasteiger partial charge in [0.15, 0.2) is 0 Å². The number of hydrogen-bond acceptors (Lipinski definition) is 3. The molecule has 128 valence electrons. The molecule has 0 fully saturated rings. The number of amides is 1. The van der Waals surface area contributed by atoms with E-state index in [1.807, 2.05) is 61.5 Å². The van der Waals surface area contributed by atoms with Crippen molar-refractivity contribution in [2.24, 2.45) is 0 Å². The van der Waals surface area contributed by atoms with Gasteiger partial charge in [-0.3, -0.25) is 9.69 Å². The maximum atomic E-state index is 12.4. The molecule has 0 aliphatic carbocycles. The average molecular weight is 325 g/mol. The zero-order chi connectivity index (χ0) is 17.5. The van der Waals surface area contributed by atoms with Crippen LogP contribution in [0.15, 0.2) is 54.6 Å². The lowest BCUT2D eigenvalue weighted by atomic mass is 10.2. The Bertz CT molecular complexity index is 636. The Kier molecular flexibility index (Phi) is 6.38. The monoisotopic (exact) mass is 325 g/mol. The number of nitrogens with one attached hydrogen (secondary N) is 1. The van der Waals surface area contributed by atoms with Crippen molar-refractivity contribution in [1.82, 2.24) is 4.90 Å². The molecule has 24 heavy (non-hydrogen) atoms. The van der Waals surface area contributed by atoms with Crippen LogP contribution in [-0.4, -0.2) is 37.5 Å². The molecule has 0 bridgehead atoms. The van der Waals surface area contributed by atoms with E-state index in [1.54, 1.807) is 0 Å². The molecule has 0 radical (unpaired) electrons. The Labute approximate surface area is 145 Å². The maximum Gasteiger partial charge on any atom is 0.238 e. The summed E-state index contributed by atoms with van der Waals surface area (Å²) in [5.74, 6) is 0.0113. The Balaban J connectivity index is 1.95. The van der Waals surface area contributed by atoms with E-state index in [1.165, 1.54) is 5.56 Å². The Morgan fingerprint density at radius 2 is 1.62 bits per heavy atom. The number of carbonyl (C=O) groups is 1. The standard InChI is InChI=1S/C20H27N3O/c1-16(2)23(14-17-8-6-5-7-9-17)15-20(24)21-18-10-12-19(13-11-18)22(3)4/h5-13,16H,14-15H2,1-4H3,(H,21,24). The van der Waals surface area contributed by atoms with Crippen molar-refractivity contribution >= 4 is 17.3 Å². The number of benzene rings is 2. The summed E-state index contributed by atoms with van der Waals surface area (Å²) in [5, 5.41) is 2.98. The summed E-state index contributed by atoms with van der Waals surface area (Å²) in [6.07, 6.45) is 0. The van der Waals surface area contributed by atoms with Gasteiger partial charge in [0.2, 0.25) is 5.91 Å². The van der Waals surface area contributed by atoms with Gasteiger partial charge in [-0.1, -0.05) is 30.3 Å². The summed E-state index contributed by atoms with van der Waals surface area (Å²) >= 11 is 0. The van der Waals surface area contributed by atoms with Gasteiger partial charge in [0.25, 0.3) is 0 Å². The first-order valence-corrected chi connectivity index (χ1v) is 8.31. The minimum Gasteiger partial charge on any atom is -0.378 e. The first-order chi connectivity index (χ1) is 11.5. The lowest BCUT2D eigenvalue weighted by Gasteiger charge is -2.26. The maximum absolute atomic E-state index is 12.4. The third-order valence-electron chi connectivity index (χ3n) is 3.97. The molecule has 0 spiro atoms. The molecule has 0 aromatic heterocycles. The summed E-state index contributed by atoms with van der Waals surface area (Å²) in [6.45, 7) is 5.37. The van der Waals surface area contributed by atoms with Crippen LogP contribution in [0.4, 0.5) is 11.4 Å². The van der Waals surface area contributed by atoms with Crippen LogP contribution in [0.3, 0.4) is 0 Å². The van der Waals surface area contributed by atoms with Crippen LogP contribution < -0.4 is 10.2 Å². The third kappa shape index (κ3) is 5.39. The number of anilines is 2. The highest BCUT2D eigenvalue weighted by atomic mass is 16.2. The van der Waals surface area contributed by atoms with E-state index in [0.717, 1.165) is 17.9 Å². The smallest absolute Gasteiger partial charge is 0.238 e. The van der Waals surface area contributed by atoms with Gasteiger partial charge in [-0.05, 0) is 43.7 Å². The molecule has 2 aromatic rings. The summed E-state index contributed by atoms with van der Waals surface area (Å²) in [4.78, 5) is 16.6. The van der Waals surface area contributed by atoms with Crippen molar-refractivity contribution in [2.75, 3.05) is 30.9 Å². The molecule has 0 saturated heterocycles. The van der Waals surface area contributed by atoms with E-state index in [2.05, 4.69) is 36.2 Å². The largest absolute Gasteiger partial charge is 0.378 e.